The van der Waals surface area contributed by atoms with Gasteiger partial charge >= 0.3 is 0 Å². The Morgan fingerprint density at radius 3 is 2.70 bits per heavy atom. The second kappa shape index (κ2) is 7.17. The van der Waals surface area contributed by atoms with Crippen LogP contribution >= 0.6 is 15.9 Å². The lowest BCUT2D eigenvalue weighted by atomic mass is 10.2. The fourth-order valence-electron chi connectivity index (χ4n) is 1.74. The van der Waals surface area contributed by atoms with E-state index in [-0.39, 0.29) is 18.5 Å². The van der Waals surface area contributed by atoms with Gasteiger partial charge in [0.1, 0.15) is 0 Å². The number of hydrogen-bond acceptors (Lipinski definition) is 3. The number of anilines is 1. The van der Waals surface area contributed by atoms with E-state index in [1.54, 1.807) is 6.20 Å². The molecule has 4 nitrogen and oxygen atoms in total. The fraction of sp³-hybridized carbons (Fsp3) is 0.200. The van der Waals surface area contributed by atoms with Gasteiger partial charge in [-0.25, -0.2) is 0 Å². The molecule has 2 aromatic rings. The van der Waals surface area contributed by atoms with Crippen LogP contribution < -0.4 is 10.6 Å². The lowest BCUT2D eigenvalue weighted by Gasteiger charge is -2.13. The Balaban J connectivity index is 1.85. The summed E-state index contributed by atoms with van der Waals surface area (Å²) in [6, 6.07) is 13.3. The Kier molecular flexibility index (Phi) is 5.26. The maximum atomic E-state index is 11.9. The van der Waals surface area contributed by atoms with Gasteiger partial charge < -0.3 is 10.6 Å². The predicted octanol–water partition coefficient (Wildman–Crippen LogP) is 3.13. The number of pyridine rings is 1. The van der Waals surface area contributed by atoms with Crippen molar-refractivity contribution in [3.05, 3.63) is 58.8 Å². The highest BCUT2D eigenvalue weighted by Gasteiger charge is 2.09. The second-order valence-corrected chi connectivity index (χ2v) is 5.24. The number of halogens is 1. The fourth-order valence-corrected chi connectivity index (χ4v) is 2.12. The van der Waals surface area contributed by atoms with E-state index in [2.05, 4.69) is 31.5 Å². The van der Waals surface area contributed by atoms with Crippen molar-refractivity contribution < 1.29 is 4.79 Å². The Morgan fingerprint density at radius 2 is 2.00 bits per heavy atom. The van der Waals surface area contributed by atoms with Crippen molar-refractivity contribution in [3.8, 4) is 0 Å². The van der Waals surface area contributed by atoms with E-state index in [9.17, 15) is 4.79 Å². The zero-order valence-electron chi connectivity index (χ0n) is 11.1. The van der Waals surface area contributed by atoms with Gasteiger partial charge in [-0.05, 0) is 47.1 Å². The quantitative estimate of drug-likeness (QED) is 0.883. The number of carbonyl (C=O) groups excluding carboxylic acids is 1. The maximum absolute atomic E-state index is 11.9. The van der Waals surface area contributed by atoms with Crippen LogP contribution in [0.1, 0.15) is 18.7 Å². The lowest BCUT2D eigenvalue weighted by molar-refractivity contribution is -0.115. The number of hydrogen-bond donors (Lipinski definition) is 2. The topological polar surface area (TPSA) is 54.0 Å². The van der Waals surface area contributed by atoms with Gasteiger partial charge in [-0.15, -0.1) is 0 Å². The van der Waals surface area contributed by atoms with E-state index in [4.69, 9.17) is 0 Å². The highest BCUT2D eigenvalue weighted by atomic mass is 79.9. The summed E-state index contributed by atoms with van der Waals surface area (Å²) >= 11 is 3.40. The van der Waals surface area contributed by atoms with Crippen molar-refractivity contribution in [3.63, 3.8) is 0 Å². The van der Waals surface area contributed by atoms with E-state index in [0.717, 1.165) is 15.9 Å². The van der Waals surface area contributed by atoms with E-state index >= 15 is 0 Å². The largest absolute Gasteiger partial charge is 0.324 e. The number of benzene rings is 1. The maximum Gasteiger partial charge on any atom is 0.238 e. The molecular weight excluding hydrogens is 318 g/mol. The summed E-state index contributed by atoms with van der Waals surface area (Å²) in [5.74, 6) is -0.0836. The third-order valence-electron chi connectivity index (χ3n) is 2.85. The van der Waals surface area contributed by atoms with Crippen LogP contribution in [0.15, 0.2) is 53.1 Å². The second-order valence-electron chi connectivity index (χ2n) is 4.39. The number of carbonyl (C=O) groups is 1. The molecule has 0 saturated carbocycles. The predicted molar refractivity (Wildman–Crippen MR) is 83.4 cm³/mol. The monoisotopic (exact) mass is 333 g/mol. The first kappa shape index (κ1) is 14.7. The molecule has 2 N–H and O–H groups in total. The van der Waals surface area contributed by atoms with Crippen LogP contribution in [-0.2, 0) is 4.79 Å². The molecule has 0 spiro atoms. The van der Waals surface area contributed by atoms with Crippen LogP contribution in [0.2, 0.25) is 0 Å². The molecule has 1 amide bonds. The summed E-state index contributed by atoms with van der Waals surface area (Å²) < 4.78 is 0.867. The van der Waals surface area contributed by atoms with Gasteiger partial charge in [0.2, 0.25) is 5.91 Å². The molecule has 0 saturated heterocycles. The summed E-state index contributed by atoms with van der Waals surface area (Å²) in [5, 5.41) is 6.00. The van der Waals surface area contributed by atoms with Gasteiger partial charge in [-0.2, -0.15) is 0 Å². The van der Waals surface area contributed by atoms with Crippen molar-refractivity contribution in [2.45, 2.75) is 13.0 Å². The molecule has 0 aliphatic heterocycles. The Morgan fingerprint density at radius 1 is 1.25 bits per heavy atom. The summed E-state index contributed by atoms with van der Waals surface area (Å²) in [5.41, 5.74) is 1.69. The van der Waals surface area contributed by atoms with Crippen molar-refractivity contribution in [1.29, 1.82) is 0 Å². The normalized spacial score (nSPS) is 11.9. The molecule has 1 unspecified atom stereocenters. The van der Waals surface area contributed by atoms with Gasteiger partial charge in [0.05, 0.1) is 17.9 Å². The highest BCUT2D eigenvalue weighted by molar-refractivity contribution is 9.10. The molecule has 0 radical (unpaired) electrons. The summed E-state index contributed by atoms with van der Waals surface area (Å²) in [7, 11) is 0. The molecule has 1 aromatic carbocycles. The molecule has 20 heavy (non-hydrogen) atoms. The zero-order chi connectivity index (χ0) is 14.4. The van der Waals surface area contributed by atoms with Gasteiger partial charge in [-0.3, -0.25) is 9.78 Å². The van der Waals surface area contributed by atoms with E-state index in [1.165, 1.54) is 0 Å². The van der Waals surface area contributed by atoms with Crippen LogP contribution in [0, 0.1) is 0 Å². The number of aromatic nitrogens is 1. The zero-order valence-corrected chi connectivity index (χ0v) is 12.7. The number of nitrogens with zero attached hydrogens (tertiary/aromatic N) is 1. The SMILES string of the molecule is CC(NCC(=O)Nc1ccccc1Br)c1ccccn1. The first-order valence-electron chi connectivity index (χ1n) is 6.35. The number of amides is 1. The molecule has 0 fully saturated rings. The molecule has 104 valence electrons. The molecule has 1 heterocycles. The Hall–Kier alpha value is -1.72. The molecule has 2 rings (SSSR count). The van der Waals surface area contributed by atoms with Crippen molar-refractivity contribution in [1.82, 2.24) is 10.3 Å². The third-order valence-corrected chi connectivity index (χ3v) is 3.54. The molecule has 0 aliphatic carbocycles. The third kappa shape index (κ3) is 4.15. The molecule has 1 aromatic heterocycles. The molecule has 5 heteroatoms. The Bertz CT molecular complexity index is 574. The van der Waals surface area contributed by atoms with Crippen LogP contribution in [0.3, 0.4) is 0 Å². The minimum Gasteiger partial charge on any atom is -0.324 e. The first-order chi connectivity index (χ1) is 9.66. The van der Waals surface area contributed by atoms with Gasteiger partial charge in [0.25, 0.3) is 0 Å². The minimum atomic E-state index is -0.0836. The summed E-state index contributed by atoms with van der Waals surface area (Å²) in [6.07, 6.45) is 1.74. The number of rotatable bonds is 5. The molecule has 0 bridgehead atoms. The first-order valence-corrected chi connectivity index (χ1v) is 7.15. The highest BCUT2D eigenvalue weighted by Crippen LogP contribution is 2.20. The van der Waals surface area contributed by atoms with Gasteiger partial charge in [0, 0.05) is 16.7 Å². The van der Waals surface area contributed by atoms with E-state index < -0.39 is 0 Å². The average molecular weight is 334 g/mol. The van der Waals surface area contributed by atoms with E-state index in [0.29, 0.717) is 0 Å². The van der Waals surface area contributed by atoms with Crippen LogP contribution in [0.25, 0.3) is 0 Å². The minimum absolute atomic E-state index is 0.0289. The standard InChI is InChI=1S/C15H16BrN3O/c1-11(13-7-4-5-9-17-13)18-10-15(20)19-14-8-3-2-6-12(14)16/h2-9,11,18H,10H2,1H3,(H,19,20). The van der Waals surface area contributed by atoms with E-state index in [1.807, 2.05) is 49.4 Å². The van der Waals surface area contributed by atoms with Gasteiger partial charge in [-0.1, -0.05) is 18.2 Å². The molecule has 0 aliphatic rings. The Labute approximate surface area is 126 Å². The molecular formula is C15H16BrN3O. The van der Waals surface area contributed by atoms with Crippen molar-refractivity contribution in [2.24, 2.45) is 0 Å². The molecule has 1 atom stereocenters. The van der Waals surface area contributed by atoms with Gasteiger partial charge in [0.15, 0.2) is 0 Å². The number of nitrogens with one attached hydrogen (secondary N) is 2. The smallest absolute Gasteiger partial charge is 0.238 e. The van der Waals surface area contributed by atoms with Crippen molar-refractivity contribution in [2.75, 3.05) is 11.9 Å². The summed E-state index contributed by atoms with van der Waals surface area (Å²) in [6.45, 7) is 2.22. The lowest BCUT2D eigenvalue weighted by Crippen LogP contribution is -2.30. The van der Waals surface area contributed by atoms with Crippen LogP contribution in [0.5, 0.6) is 0 Å². The number of para-hydroxylation sites is 1. The van der Waals surface area contributed by atoms with Crippen LogP contribution in [0.4, 0.5) is 5.69 Å². The van der Waals surface area contributed by atoms with Crippen LogP contribution in [-0.4, -0.2) is 17.4 Å². The average Bonchev–Trinajstić information content (AvgIpc) is 2.48. The summed E-state index contributed by atoms with van der Waals surface area (Å²) in [4.78, 5) is 16.1. The van der Waals surface area contributed by atoms with Crippen molar-refractivity contribution >= 4 is 27.5 Å².